The Labute approximate surface area is 124 Å². The average Bonchev–Trinajstić information content (AvgIpc) is 2.46. The monoisotopic (exact) mass is 316 g/mol. The first kappa shape index (κ1) is 17.2. The summed E-state index contributed by atoms with van der Waals surface area (Å²) in [5.74, 6) is -0.267. The van der Waals surface area contributed by atoms with Gasteiger partial charge in [-0.2, -0.15) is 0 Å². The Morgan fingerprint density at radius 2 is 2.10 bits per heavy atom. The molecule has 1 aromatic rings. The van der Waals surface area contributed by atoms with Crippen molar-refractivity contribution in [2.45, 2.75) is 4.90 Å². The van der Waals surface area contributed by atoms with Gasteiger partial charge in [0.25, 0.3) is 0 Å². The van der Waals surface area contributed by atoms with Gasteiger partial charge < -0.3 is 21.1 Å². The van der Waals surface area contributed by atoms with E-state index < -0.39 is 10.0 Å². The number of anilines is 2. The molecule has 0 saturated heterocycles. The number of methoxy groups -OCH3 is 1. The second kappa shape index (κ2) is 7.81. The highest BCUT2D eigenvalue weighted by Crippen LogP contribution is 2.23. The zero-order chi connectivity index (χ0) is 15.9. The molecule has 9 heteroatoms. The highest BCUT2D eigenvalue weighted by Gasteiger charge is 2.17. The third-order valence-corrected chi connectivity index (χ3v) is 4.09. The van der Waals surface area contributed by atoms with E-state index in [2.05, 4.69) is 15.4 Å². The molecule has 0 aliphatic rings. The highest BCUT2D eigenvalue weighted by atomic mass is 32.2. The Hall–Kier alpha value is -1.84. The Balaban J connectivity index is 2.78. The van der Waals surface area contributed by atoms with Crippen LogP contribution in [-0.2, 0) is 19.6 Å². The normalized spacial score (nSPS) is 11.1. The number of sulfonamides is 1. The summed E-state index contributed by atoms with van der Waals surface area (Å²) in [6.07, 6.45) is 0. The molecule has 118 valence electrons. The van der Waals surface area contributed by atoms with Gasteiger partial charge in [0.15, 0.2) is 0 Å². The third kappa shape index (κ3) is 5.21. The molecule has 0 fully saturated rings. The van der Waals surface area contributed by atoms with Crippen molar-refractivity contribution in [1.29, 1.82) is 0 Å². The summed E-state index contributed by atoms with van der Waals surface area (Å²) in [7, 11) is -0.824. The molecule has 0 bridgehead atoms. The maximum Gasteiger partial charge on any atom is 0.242 e. The SMILES string of the molecule is CNS(=O)(=O)c1cc(N)ccc1NCC(=O)NCCOC. The van der Waals surface area contributed by atoms with Gasteiger partial charge in [0.1, 0.15) is 4.90 Å². The lowest BCUT2D eigenvalue weighted by atomic mass is 10.3. The fourth-order valence-electron chi connectivity index (χ4n) is 1.55. The average molecular weight is 316 g/mol. The molecule has 1 aromatic carbocycles. The fourth-order valence-corrected chi connectivity index (χ4v) is 2.49. The second-order valence-electron chi connectivity index (χ2n) is 4.16. The van der Waals surface area contributed by atoms with Crippen LogP contribution in [0.2, 0.25) is 0 Å². The van der Waals surface area contributed by atoms with E-state index in [1.54, 1.807) is 6.07 Å². The van der Waals surface area contributed by atoms with Crippen LogP contribution in [0.4, 0.5) is 11.4 Å². The Morgan fingerprint density at radius 3 is 2.71 bits per heavy atom. The van der Waals surface area contributed by atoms with E-state index in [9.17, 15) is 13.2 Å². The highest BCUT2D eigenvalue weighted by molar-refractivity contribution is 7.89. The number of amides is 1. The number of nitrogen functional groups attached to an aromatic ring is 1. The van der Waals surface area contributed by atoms with E-state index in [1.165, 1.54) is 26.3 Å². The summed E-state index contributed by atoms with van der Waals surface area (Å²) in [6.45, 7) is 0.743. The van der Waals surface area contributed by atoms with Gasteiger partial charge in [-0.1, -0.05) is 0 Å². The number of carbonyl (C=O) groups excluding carboxylic acids is 1. The first-order valence-electron chi connectivity index (χ1n) is 6.23. The summed E-state index contributed by atoms with van der Waals surface area (Å²) in [5, 5.41) is 5.40. The molecule has 21 heavy (non-hydrogen) atoms. The quantitative estimate of drug-likeness (QED) is 0.373. The third-order valence-electron chi connectivity index (χ3n) is 2.63. The summed E-state index contributed by atoms with van der Waals surface area (Å²) in [6, 6.07) is 4.40. The molecule has 8 nitrogen and oxygen atoms in total. The first-order valence-corrected chi connectivity index (χ1v) is 7.71. The Bertz CT molecular complexity index is 589. The molecule has 0 spiro atoms. The number of rotatable bonds is 8. The summed E-state index contributed by atoms with van der Waals surface area (Å²) >= 11 is 0. The van der Waals surface area contributed by atoms with Crippen LogP contribution < -0.4 is 21.1 Å². The van der Waals surface area contributed by atoms with Crippen molar-refractivity contribution in [3.05, 3.63) is 18.2 Å². The molecule has 0 radical (unpaired) electrons. The number of nitrogens with one attached hydrogen (secondary N) is 3. The minimum atomic E-state index is -3.66. The van der Waals surface area contributed by atoms with Gasteiger partial charge in [0, 0.05) is 19.3 Å². The van der Waals surface area contributed by atoms with Crippen LogP contribution in [0, 0.1) is 0 Å². The molecule has 0 aromatic heterocycles. The fraction of sp³-hybridized carbons (Fsp3) is 0.417. The summed E-state index contributed by atoms with van der Waals surface area (Å²) in [4.78, 5) is 11.6. The van der Waals surface area contributed by atoms with Crippen LogP contribution in [0.1, 0.15) is 0 Å². The molecule has 5 N–H and O–H groups in total. The van der Waals surface area contributed by atoms with E-state index in [4.69, 9.17) is 10.5 Å². The zero-order valence-electron chi connectivity index (χ0n) is 12.0. The molecular formula is C12H20N4O4S. The molecular weight excluding hydrogens is 296 g/mol. The predicted octanol–water partition coefficient (Wildman–Crippen LogP) is -0.649. The lowest BCUT2D eigenvalue weighted by molar-refractivity contribution is -0.119. The van der Waals surface area contributed by atoms with Crippen molar-refractivity contribution in [2.75, 3.05) is 44.9 Å². The second-order valence-corrected chi connectivity index (χ2v) is 6.01. The minimum absolute atomic E-state index is 0.00492. The van der Waals surface area contributed by atoms with Gasteiger partial charge in [-0.3, -0.25) is 4.79 Å². The van der Waals surface area contributed by atoms with Crippen molar-refractivity contribution in [3.63, 3.8) is 0 Å². The van der Waals surface area contributed by atoms with Crippen molar-refractivity contribution >= 4 is 27.3 Å². The molecule has 1 rings (SSSR count). The largest absolute Gasteiger partial charge is 0.399 e. The lowest BCUT2D eigenvalue weighted by Crippen LogP contribution is -2.32. The number of nitrogens with two attached hydrogens (primary N) is 1. The van der Waals surface area contributed by atoms with Crippen LogP contribution in [-0.4, -0.2) is 48.2 Å². The lowest BCUT2D eigenvalue weighted by Gasteiger charge is -2.13. The van der Waals surface area contributed by atoms with Crippen molar-refractivity contribution in [3.8, 4) is 0 Å². The number of carbonyl (C=O) groups is 1. The van der Waals surface area contributed by atoms with Gasteiger partial charge in [0.05, 0.1) is 18.8 Å². The van der Waals surface area contributed by atoms with Crippen molar-refractivity contribution in [2.24, 2.45) is 0 Å². The molecule has 0 aliphatic heterocycles. The van der Waals surface area contributed by atoms with Gasteiger partial charge in [-0.25, -0.2) is 13.1 Å². The molecule has 0 heterocycles. The van der Waals surface area contributed by atoms with Gasteiger partial charge in [-0.05, 0) is 25.2 Å². The molecule has 0 aliphatic carbocycles. The van der Waals surface area contributed by atoms with Crippen LogP contribution >= 0.6 is 0 Å². The summed E-state index contributed by atoms with van der Waals surface area (Å²) in [5.41, 5.74) is 6.23. The molecule has 0 saturated carbocycles. The molecule has 0 atom stereocenters. The van der Waals surface area contributed by atoms with Gasteiger partial charge in [0.2, 0.25) is 15.9 Å². The minimum Gasteiger partial charge on any atom is -0.399 e. The van der Waals surface area contributed by atoms with Crippen LogP contribution in [0.5, 0.6) is 0 Å². The van der Waals surface area contributed by atoms with Crippen LogP contribution in [0.25, 0.3) is 0 Å². The Morgan fingerprint density at radius 1 is 1.38 bits per heavy atom. The van der Waals surface area contributed by atoms with Crippen molar-refractivity contribution in [1.82, 2.24) is 10.0 Å². The van der Waals surface area contributed by atoms with E-state index in [-0.39, 0.29) is 17.3 Å². The predicted molar refractivity (Wildman–Crippen MR) is 80.5 cm³/mol. The van der Waals surface area contributed by atoms with Crippen LogP contribution in [0.15, 0.2) is 23.1 Å². The number of hydrogen-bond acceptors (Lipinski definition) is 6. The zero-order valence-corrected chi connectivity index (χ0v) is 12.8. The Kier molecular flexibility index (Phi) is 6.40. The van der Waals surface area contributed by atoms with E-state index >= 15 is 0 Å². The topological polar surface area (TPSA) is 123 Å². The van der Waals surface area contributed by atoms with E-state index in [1.807, 2.05) is 0 Å². The standard InChI is InChI=1S/C12H20N4O4S/c1-14-21(18,19)11-7-9(13)3-4-10(11)16-8-12(17)15-5-6-20-2/h3-4,7,14,16H,5-6,8,13H2,1-2H3,(H,15,17). The first-order chi connectivity index (χ1) is 9.90. The maximum absolute atomic E-state index is 11.9. The molecule has 1 amide bonds. The molecule has 0 unspecified atom stereocenters. The summed E-state index contributed by atoms with van der Waals surface area (Å²) < 4.78 is 30.8. The van der Waals surface area contributed by atoms with Crippen molar-refractivity contribution < 1.29 is 17.9 Å². The smallest absolute Gasteiger partial charge is 0.242 e. The van der Waals surface area contributed by atoms with Crippen LogP contribution in [0.3, 0.4) is 0 Å². The number of hydrogen-bond donors (Lipinski definition) is 4. The van der Waals surface area contributed by atoms with Gasteiger partial charge in [-0.15, -0.1) is 0 Å². The van der Waals surface area contributed by atoms with E-state index in [0.717, 1.165) is 0 Å². The van der Waals surface area contributed by atoms with Gasteiger partial charge >= 0.3 is 0 Å². The number of ether oxygens (including phenoxy) is 1. The van der Waals surface area contributed by atoms with E-state index in [0.29, 0.717) is 24.5 Å². The number of benzene rings is 1. The maximum atomic E-state index is 11.9.